The van der Waals surface area contributed by atoms with Crippen molar-refractivity contribution in [1.29, 1.82) is 0 Å². The Kier molecular flexibility index (Phi) is 5.07. The van der Waals surface area contributed by atoms with Crippen LogP contribution in [0.15, 0.2) is 36.5 Å². The van der Waals surface area contributed by atoms with Crippen molar-refractivity contribution in [2.45, 2.75) is 26.3 Å². The van der Waals surface area contributed by atoms with Gasteiger partial charge < -0.3 is 16.4 Å². The smallest absolute Gasteiger partial charge is 0.312 e. The largest absolute Gasteiger partial charge is 0.352 e. The van der Waals surface area contributed by atoms with Gasteiger partial charge in [0.2, 0.25) is 5.91 Å². The molecule has 3 aromatic rings. The highest BCUT2D eigenvalue weighted by atomic mass is 16.2. The van der Waals surface area contributed by atoms with E-state index in [0.717, 1.165) is 27.9 Å². The molecule has 1 aromatic carbocycles. The SMILES string of the molecule is Cc1ccccc1C(CC(=O)Nc1cnc2c(c1)c(C)nn2C)NC(N)=O. The standard InChI is InChI=1S/C19H22N6O2/c1-11-6-4-5-7-14(11)16(23-19(20)27)9-17(26)22-13-8-15-12(2)24-25(3)18(15)21-10-13/h4-8,10,16H,9H2,1-3H3,(H,22,26)(H3,20,23,27). The first kappa shape index (κ1) is 18.4. The van der Waals surface area contributed by atoms with Crippen LogP contribution in [-0.4, -0.2) is 26.7 Å². The van der Waals surface area contributed by atoms with Gasteiger partial charge in [0.25, 0.3) is 0 Å². The van der Waals surface area contributed by atoms with Gasteiger partial charge in [0.1, 0.15) is 0 Å². The Bertz CT molecular complexity index is 1010. The van der Waals surface area contributed by atoms with Crippen LogP contribution in [0.25, 0.3) is 11.0 Å². The summed E-state index contributed by atoms with van der Waals surface area (Å²) in [6.07, 6.45) is 1.64. The number of pyridine rings is 1. The Labute approximate surface area is 156 Å². The molecule has 0 aliphatic heterocycles. The number of carbonyl (C=O) groups is 2. The molecule has 8 nitrogen and oxygen atoms in total. The number of anilines is 1. The molecule has 27 heavy (non-hydrogen) atoms. The van der Waals surface area contributed by atoms with Gasteiger partial charge in [0.05, 0.1) is 30.0 Å². The van der Waals surface area contributed by atoms with Gasteiger partial charge in [0, 0.05) is 12.4 Å². The minimum atomic E-state index is -0.676. The number of nitrogens with zero attached hydrogens (tertiary/aromatic N) is 3. The number of primary amides is 1. The van der Waals surface area contributed by atoms with Crippen molar-refractivity contribution < 1.29 is 9.59 Å². The van der Waals surface area contributed by atoms with Crippen molar-refractivity contribution in [1.82, 2.24) is 20.1 Å². The van der Waals surface area contributed by atoms with E-state index in [-0.39, 0.29) is 12.3 Å². The summed E-state index contributed by atoms with van der Waals surface area (Å²) in [5.41, 5.74) is 9.27. The van der Waals surface area contributed by atoms with E-state index in [9.17, 15) is 9.59 Å². The highest BCUT2D eigenvalue weighted by Crippen LogP contribution is 2.23. The van der Waals surface area contributed by atoms with Gasteiger partial charge in [-0.3, -0.25) is 9.48 Å². The van der Waals surface area contributed by atoms with Crippen molar-refractivity contribution in [3.05, 3.63) is 53.3 Å². The zero-order chi connectivity index (χ0) is 19.6. The summed E-state index contributed by atoms with van der Waals surface area (Å²) in [4.78, 5) is 28.3. The number of amides is 3. The number of fused-ring (bicyclic) bond motifs is 1. The van der Waals surface area contributed by atoms with Gasteiger partial charge >= 0.3 is 6.03 Å². The van der Waals surface area contributed by atoms with Crippen molar-refractivity contribution in [3.8, 4) is 0 Å². The Morgan fingerprint density at radius 2 is 2.00 bits per heavy atom. The van der Waals surface area contributed by atoms with E-state index in [4.69, 9.17) is 5.73 Å². The van der Waals surface area contributed by atoms with Crippen molar-refractivity contribution in [2.75, 3.05) is 5.32 Å². The molecule has 4 N–H and O–H groups in total. The van der Waals surface area contributed by atoms with Gasteiger partial charge in [-0.05, 0) is 31.0 Å². The number of hydrogen-bond donors (Lipinski definition) is 3. The summed E-state index contributed by atoms with van der Waals surface area (Å²) in [5, 5.41) is 10.7. The minimum absolute atomic E-state index is 0.0534. The number of rotatable bonds is 5. The summed E-state index contributed by atoms with van der Waals surface area (Å²) >= 11 is 0. The molecule has 140 valence electrons. The lowest BCUT2D eigenvalue weighted by molar-refractivity contribution is -0.116. The van der Waals surface area contributed by atoms with E-state index in [1.54, 1.807) is 10.9 Å². The van der Waals surface area contributed by atoms with Crippen molar-refractivity contribution in [2.24, 2.45) is 12.8 Å². The third-order valence-corrected chi connectivity index (χ3v) is 4.42. The van der Waals surface area contributed by atoms with Crippen molar-refractivity contribution in [3.63, 3.8) is 0 Å². The number of aromatic nitrogens is 3. The molecule has 0 aliphatic rings. The quantitative estimate of drug-likeness (QED) is 0.643. The molecule has 1 atom stereocenters. The highest BCUT2D eigenvalue weighted by Gasteiger charge is 2.19. The van der Waals surface area contributed by atoms with Gasteiger partial charge in [-0.25, -0.2) is 9.78 Å². The van der Waals surface area contributed by atoms with Crippen LogP contribution in [0.3, 0.4) is 0 Å². The van der Waals surface area contributed by atoms with Gasteiger partial charge in [-0.1, -0.05) is 24.3 Å². The number of benzene rings is 1. The molecule has 0 saturated heterocycles. The molecule has 8 heteroatoms. The first-order valence-electron chi connectivity index (χ1n) is 8.56. The Balaban J connectivity index is 1.79. The molecule has 0 saturated carbocycles. The average Bonchev–Trinajstić information content (AvgIpc) is 2.88. The monoisotopic (exact) mass is 366 g/mol. The highest BCUT2D eigenvalue weighted by molar-refractivity contribution is 5.93. The van der Waals surface area contributed by atoms with Crippen LogP contribution in [0.1, 0.15) is 29.3 Å². The van der Waals surface area contributed by atoms with Crippen molar-refractivity contribution >= 4 is 28.7 Å². The summed E-state index contributed by atoms with van der Waals surface area (Å²) in [7, 11) is 1.82. The molecule has 2 heterocycles. The van der Waals surface area contributed by atoms with E-state index in [1.165, 1.54) is 0 Å². The predicted octanol–water partition coefficient (Wildman–Crippen LogP) is 2.32. The second kappa shape index (κ2) is 7.45. The third kappa shape index (κ3) is 4.05. The summed E-state index contributed by atoms with van der Waals surface area (Å²) in [6.45, 7) is 3.81. The number of aryl methyl sites for hydroxylation is 3. The van der Waals surface area contributed by atoms with Crippen LogP contribution in [0.2, 0.25) is 0 Å². The van der Waals surface area contributed by atoms with Crippen LogP contribution < -0.4 is 16.4 Å². The summed E-state index contributed by atoms with van der Waals surface area (Å²) < 4.78 is 1.70. The average molecular weight is 366 g/mol. The molecule has 3 rings (SSSR count). The predicted molar refractivity (Wildman–Crippen MR) is 103 cm³/mol. The summed E-state index contributed by atoms with van der Waals surface area (Å²) in [5.74, 6) is -0.250. The molecule has 0 radical (unpaired) electrons. The number of carbonyl (C=O) groups excluding carboxylic acids is 2. The molecular weight excluding hydrogens is 344 g/mol. The first-order chi connectivity index (χ1) is 12.8. The normalized spacial score (nSPS) is 12.0. The van der Waals surface area contributed by atoms with Crippen LogP contribution in [0.4, 0.5) is 10.5 Å². The van der Waals surface area contributed by atoms with Crippen LogP contribution in [0, 0.1) is 13.8 Å². The number of nitrogens with one attached hydrogen (secondary N) is 2. The molecule has 0 aliphatic carbocycles. The second-order valence-corrected chi connectivity index (χ2v) is 6.47. The van der Waals surface area contributed by atoms with Gasteiger partial charge in [-0.15, -0.1) is 0 Å². The number of nitrogens with two attached hydrogens (primary N) is 1. The third-order valence-electron chi connectivity index (χ3n) is 4.42. The molecular formula is C19H22N6O2. The Morgan fingerprint density at radius 1 is 1.26 bits per heavy atom. The van der Waals surface area contributed by atoms with Crippen LogP contribution >= 0.6 is 0 Å². The molecule has 0 bridgehead atoms. The fourth-order valence-electron chi connectivity index (χ4n) is 3.16. The van der Waals surface area contributed by atoms with E-state index in [2.05, 4.69) is 20.7 Å². The Hall–Kier alpha value is -3.42. The molecule has 0 spiro atoms. The van der Waals surface area contributed by atoms with E-state index in [0.29, 0.717) is 5.69 Å². The maximum Gasteiger partial charge on any atom is 0.312 e. The maximum absolute atomic E-state index is 12.6. The second-order valence-electron chi connectivity index (χ2n) is 6.47. The minimum Gasteiger partial charge on any atom is -0.352 e. The topological polar surface area (TPSA) is 115 Å². The Morgan fingerprint density at radius 3 is 2.70 bits per heavy atom. The molecule has 1 unspecified atom stereocenters. The summed E-state index contributed by atoms with van der Waals surface area (Å²) in [6, 6.07) is 8.20. The van der Waals surface area contributed by atoms with Crippen LogP contribution in [-0.2, 0) is 11.8 Å². The number of urea groups is 1. The van der Waals surface area contributed by atoms with Gasteiger partial charge in [-0.2, -0.15) is 5.10 Å². The van der Waals surface area contributed by atoms with Gasteiger partial charge in [0.15, 0.2) is 5.65 Å². The van der Waals surface area contributed by atoms with E-state index in [1.807, 2.05) is 51.2 Å². The lowest BCUT2D eigenvalue weighted by Crippen LogP contribution is -2.35. The first-order valence-corrected chi connectivity index (χ1v) is 8.56. The molecule has 3 amide bonds. The molecule has 0 fully saturated rings. The lowest BCUT2D eigenvalue weighted by atomic mass is 9.98. The lowest BCUT2D eigenvalue weighted by Gasteiger charge is -2.19. The van der Waals surface area contributed by atoms with E-state index >= 15 is 0 Å². The molecule has 2 aromatic heterocycles. The zero-order valence-electron chi connectivity index (χ0n) is 15.5. The fraction of sp³-hybridized carbons (Fsp3) is 0.263. The fourth-order valence-corrected chi connectivity index (χ4v) is 3.16. The number of hydrogen-bond acceptors (Lipinski definition) is 4. The van der Waals surface area contributed by atoms with Crippen LogP contribution in [0.5, 0.6) is 0 Å². The zero-order valence-corrected chi connectivity index (χ0v) is 15.5. The maximum atomic E-state index is 12.6. The van der Waals surface area contributed by atoms with E-state index < -0.39 is 12.1 Å².